The molecule has 0 fully saturated rings. The summed E-state index contributed by atoms with van der Waals surface area (Å²) in [5, 5.41) is 8.27. The molecule has 54 valence electrons. The van der Waals surface area contributed by atoms with Crippen molar-refractivity contribution in [3.05, 3.63) is 40.9 Å². The molecule has 1 aromatic carbocycles. The van der Waals surface area contributed by atoms with Crippen molar-refractivity contribution in [2.24, 2.45) is 0 Å². The second kappa shape index (κ2) is 4.73. The zero-order valence-electron chi connectivity index (χ0n) is 5.90. The predicted molar refractivity (Wildman–Crippen MR) is 46.8 cm³/mol. The van der Waals surface area contributed by atoms with Crippen LogP contribution in [0.25, 0.3) is 6.08 Å². The van der Waals surface area contributed by atoms with E-state index in [1.807, 2.05) is 41.4 Å². The van der Waals surface area contributed by atoms with Crippen LogP contribution >= 0.6 is 0 Å². The average Bonchev–Trinajstić information content (AvgIpc) is 2.07. The van der Waals surface area contributed by atoms with Gasteiger partial charge in [0.15, 0.2) is 0 Å². The fourth-order valence-electron chi connectivity index (χ4n) is 0.707. The topological polar surface area (TPSA) is 23.8 Å². The van der Waals surface area contributed by atoms with E-state index in [2.05, 4.69) is 4.97 Å². The summed E-state index contributed by atoms with van der Waals surface area (Å²) in [7, 11) is 0. The van der Waals surface area contributed by atoms with Gasteiger partial charge in [0.25, 0.3) is 0 Å². The minimum absolute atomic E-state index is 0.00413. The van der Waals surface area contributed by atoms with Crippen LogP contribution in [0.5, 0.6) is 0 Å². The number of nitriles is 1. The van der Waals surface area contributed by atoms with E-state index < -0.39 is 0 Å². The summed E-state index contributed by atoms with van der Waals surface area (Å²) < 4.78 is 0. The summed E-state index contributed by atoms with van der Waals surface area (Å²) in [6.45, 7) is 0. The van der Waals surface area contributed by atoms with Gasteiger partial charge in [0.1, 0.15) is 0 Å². The Hall–Kier alpha value is -1.03. The Morgan fingerprint density at radius 2 is 2.00 bits per heavy atom. The van der Waals surface area contributed by atoms with Gasteiger partial charge in [0.2, 0.25) is 0 Å². The van der Waals surface area contributed by atoms with Crippen molar-refractivity contribution in [3.8, 4) is 4.97 Å². The standard InChI is InChI=1S/C9H7NSe/c10-8-11-7-6-9-4-2-1-3-5-9/h1-7H/b7-6+. The Labute approximate surface area is 72.5 Å². The molecule has 0 N–H and O–H groups in total. The third-order valence-corrected chi connectivity index (χ3v) is 1.97. The third-order valence-electron chi connectivity index (χ3n) is 1.18. The van der Waals surface area contributed by atoms with Crippen LogP contribution in [-0.4, -0.2) is 15.0 Å². The molecule has 0 aliphatic carbocycles. The fraction of sp³-hybridized carbons (Fsp3) is 0. The molecule has 0 radical (unpaired) electrons. The molecule has 0 heterocycles. The van der Waals surface area contributed by atoms with Gasteiger partial charge in [-0.15, -0.1) is 0 Å². The molecule has 0 atom stereocenters. The summed E-state index contributed by atoms with van der Waals surface area (Å²) in [5.41, 5.74) is 1.16. The van der Waals surface area contributed by atoms with Gasteiger partial charge in [-0.25, -0.2) is 0 Å². The number of rotatable bonds is 2. The molecule has 2 heteroatoms. The molecule has 1 rings (SSSR count). The molecule has 0 aliphatic heterocycles. The maximum absolute atomic E-state index is 8.27. The van der Waals surface area contributed by atoms with E-state index in [0.29, 0.717) is 0 Å². The van der Waals surface area contributed by atoms with E-state index in [0.717, 1.165) is 5.56 Å². The quantitative estimate of drug-likeness (QED) is 0.680. The van der Waals surface area contributed by atoms with Gasteiger partial charge in [-0.3, -0.25) is 0 Å². The Kier molecular flexibility index (Phi) is 3.47. The second-order valence-corrected chi connectivity index (χ2v) is 3.37. The van der Waals surface area contributed by atoms with Crippen molar-refractivity contribution in [1.29, 1.82) is 5.26 Å². The van der Waals surface area contributed by atoms with Crippen molar-refractivity contribution in [2.45, 2.75) is 0 Å². The van der Waals surface area contributed by atoms with Crippen molar-refractivity contribution >= 4 is 21.0 Å². The molecule has 0 aliphatic rings. The van der Waals surface area contributed by atoms with Gasteiger partial charge < -0.3 is 0 Å². The summed E-state index contributed by atoms with van der Waals surface area (Å²) in [6.07, 6.45) is 1.98. The molecule has 0 saturated carbocycles. The maximum atomic E-state index is 8.27. The normalized spacial score (nSPS) is 9.73. The summed E-state index contributed by atoms with van der Waals surface area (Å²) in [4.78, 5) is 4.03. The Morgan fingerprint density at radius 3 is 2.64 bits per heavy atom. The van der Waals surface area contributed by atoms with Crippen LogP contribution in [0.2, 0.25) is 0 Å². The van der Waals surface area contributed by atoms with Crippen molar-refractivity contribution in [2.75, 3.05) is 0 Å². The summed E-state index contributed by atoms with van der Waals surface area (Å²) in [5.74, 6) is 0. The van der Waals surface area contributed by atoms with Crippen molar-refractivity contribution in [3.63, 3.8) is 0 Å². The summed E-state index contributed by atoms with van der Waals surface area (Å²) in [6, 6.07) is 9.98. The first kappa shape index (κ1) is 8.07. The van der Waals surface area contributed by atoms with E-state index in [9.17, 15) is 0 Å². The molecule has 11 heavy (non-hydrogen) atoms. The van der Waals surface area contributed by atoms with Gasteiger partial charge in [-0.2, -0.15) is 0 Å². The van der Waals surface area contributed by atoms with Gasteiger partial charge >= 0.3 is 72.1 Å². The first-order valence-electron chi connectivity index (χ1n) is 3.20. The fourth-order valence-corrected chi connectivity index (χ4v) is 1.31. The molecule has 0 spiro atoms. The van der Waals surface area contributed by atoms with Crippen LogP contribution in [0, 0.1) is 10.2 Å². The van der Waals surface area contributed by atoms with E-state index in [-0.39, 0.29) is 15.0 Å². The Morgan fingerprint density at radius 1 is 1.27 bits per heavy atom. The zero-order valence-corrected chi connectivity index (χ0v) is 7.61. The van der Waals surface area contributed by atoms with Crippen molar-refractivity contribution in [1.82, 2.24) is 0 Å². The first-order chi connectivity index (χ1) is 5.43. The zero-order chi connectivity index (χ0) is 7.94. The van der Waals surface area contributed by atoms with E-state index in [1.165, 1.54) is 0 Å². The molecule has 1 aromatic rings. The SMILES string of the molecule is N#C[Se]/C=C/c1ccccc1. The Bertz CT molecular complexity index is 271. The molecular formula is C9H7NSe. The van der Waals surface area contributed by atoms with Crippen LogP contribution < -0.4 is 0 Å². The minimum atomic E-state index is -0.00413. The van der Waals surface area contributed by atoms with Crippen LogP contribution in [0.1, 0.15) is 5.56 Å². The predicted octanol–water partition coefficient (Wildman–Crippen LogP) is 1.84. The van der Waals surface area contributed by atoms with E-state index in [1.54, 1.807) is 0 Å². The third kappa shape index (κ3) is 3.04. The molecule has 0 aromatic heterocycles. The van der Waals surface area contributed by atoms with Crippen molar-refractivity contribution < 1.29 is 0 Å². The molecular weight excluding hydrogens is 201 g/mol. The number of hydrogen-bond acceptors (Lipinski definition) is 1. The van der Waals surface area contributed by atoms with Crippen LogP contribution in [0.4, 0.5) is 0 Å². The monoisotopic (exact) mass is 209 g/mol. The molecule has 0 unspecified atom stereocenters. The van der Waals surface area contributed by atoms with Gasteiger partial charge in [-0.1, -0.05) is 0 Å². The van der Waals surface area contributed by atoms with Crippen LogP contribution in [0.3, 0.4) is 0 Å². The number of nitrogens with zero attached hydrogens (tertiary/aromatic N) is 1. The molecule has 1 nitrogen and oxygen atoms in total. The molecule has 0 saturated heterocycles. The first-order valence-corrected chi connectivity index (χ1v) is 5.04. The van der Waals surface area contributed by atoms with Crippen LogP contribution in [-0.2, 0) is 0 Å². The van der Waals surface area contributed by atoms with E-state index in [4.69, 9.17) is 5.26 Å². The summed E-state index contributed by atoms with van der Waals surface area (Å²) >= 11 is -0.00413. The van der Waals surface area contributed by atoms with Gasteiger partial charge in [-0.05, 0) is 0 Å². The van der Waals surface area contributed by atoms with Crippen LogP contribution in [0.15, 0.2) is 35.3 Å². The Balaban J connectivity index is 2.59. The van der Waals surface area contributed by atoms with Gasteiger partial charge in [0, 0.05) is 0 Å². The second-order valence-electron chi connectivity index (χ2n) is 1.92. The molecule has 0 bridgehead atoms. The molecule has 0 amide bonds. The number of benzene rings is 1. The van der Waals surface area contributed by atoms with E-state index >= 15 is 0 Å². The number of hydrogen-bond donors (Lipinski definition) is 0. The van der Waals surface area contributed by atoms with Gasteiger partial charge in [0.05, 0.1) is 0 Å². The average molecular weight is 208 g/mol.